The number of hydrogen-bond acceptors (Lipinski definition) is 6. The summed E-state index contributed by atoms with van der Waals surface area (Å²) in [5, 5.41) is 10.2. The molecule has 9 nitrogen and oxygen atoms in total. The van der Waals surface area contributed by atoms with Gasteiger partial charge in [0.05, 0.1) is 36.7 Å². The summed E-state index contributed by atoms with van der Waals surface area (Å²) < 4.78 is 12.5. The van der Waals surface area contributed by atoms with Crippen molar-refractivity contribution in [2.24, 2.45) is 11.8 Å². The molecule has 236 valence electrons. The van der Waals surface area contributed by atoms with E-state index in [0.29, 0.717) is 50.4 Å². The van der Waals surface area contributed by atoms with Gasteiger partial charge >= 0.3 is 0 Å². The van der Waals surface area contributed by atoms with Crippen LogP contribution in [0.25, 0.3) is 0 Å². The van der Waals surface area contributed by atoms with Gasteiger partial charge in [0.1, 0.15) is 17.4 Å². The molecule has 1 aromatic carbocycles. The summed E-state index contributed by atoms with van der Waals surface area (Å²) in [5.74, 6) is -1.65. The highest BCUT2D eigenvalue weighted by molar-refractivity contribution is 6.03. The second-order valence-electron chi connectivity index (χ2n) is 12.1. The molecule has 2 bridgehead atoms. The first-order valence-corrected chi connectivity index (χ1v) is 15.9. The van der Waals surface area contributed by atoms with Crippen molar-refractivity contribution < 1.29 is 29.0 Å². The van der Waals surface area contributed by atoms with Gasteiger partial charge in [-0.05, 0) is 63.8 Å². The highest BCUT2D eigenvalue weighted by Crippen LogP contribution is 2.65. The Hall–Kier alpha value is -3.17. The first-order chi connectivity index (χ1) is 20.7. The molecule has 0 aliphatic carbocycles. The van der Waals surface area contributed by atoms with Crippen molar-refractivity contribution >= 4 is 23.4 Å². The van der Waals surface area contributed by atoms with E-state index >= 15 is 0 Å². The molecule has 1 N–H and O–H groups in total. The number of benzene rings is 1. The molecule has 3 amide bonds. The van der Waals surface area contributed by atoms with Gasteiger partial charge in [-0.3, -0.25) is 14.4 Å². The summed E-state index contributed by atoms with van der Waals surface area (Å²) in [7, 11) is 0. The van der Waals surface area contributed by atoms with Crippen LogP contribution in [0.4, 0.5) is 5.69 Å². The molecule has 6 atom stereocenters. The average Bonchev–Trinajstić information content (AvgIpc) is 3.62. The maximum atomic E-state index is 14.7. The Balaban J connectivity index is 1.78. The number of carbonyl (C=O) groups is 3. The second kappa shape index (κ2) is 13.6. The molecule has 2 unspecified atom stereocenters. The molecular formula is C34H49N3O6. The summed E-state index contributed by atoms with van der Waals surface area (Å²) in [6.45, 7) is 16.9. The van der Waals surface area contributed by atoms with Gasteiger partial charge in [-0.1, -0.05) is 38.8 Å². The highest BCUT2D eigenvalue weighted by atomic mass is 16.5. The number of nitrogens with zero attached hydrogens (tertiary/aromatic N) is 3. The fourth-order valence-electron chi connectivity index (χ4n) is 7.55. The Labute approximate surface area is 256 Å². The molecular weight excluding hydrogens is 546 g/mol. The number of unbranched alkanes of at least 4 members (excludes halogenated alkanes) is 2. The number of amides is 3. The molecule has 0 saturated carbocycles. The lowest BCUT2D eigenvalue weighted by atomic mass is 9.64. The fourth-order valence-corrected chi connectivity index (χ4v) is 7.55. The summed E-state index contributed by atoms with van der Waals surface area (Å²) in [6, 6.07) is 5.77. The lowest BCUT2D eigenvalue weighted by molar-refractivity contribution is -0.155. The van der Waals surface area contributed by atoms with Crippen molar-refractivity contribution in [3.05, 3.63) is 49.6 Å². The van der Waals surface area contributed by atoms with Gasteiger partial charge in [-0.2, -0.15) is 0 Å². The molecule has 1 spiro atoms. The first kappa shape index (κ1) is 32.7. The normalized spacial score (nSPS) is 28.0. The Bertz CT molecular complexity index is 1190. The molecule has 3 aliphatic rings. The van der Waals surface area contributed by atoms with E-state index in [1.807, 2.05) is 38.1 Å². The number of ether oxygens (including phenoxy) is 2. The maximum Gasteiger partial charge on any atom is 0.248 e. The number of aliphatic hydroxyl groups excluding tert-OH is 1. The summed E-state index contributed by atoms with van der Waals surface area (Å²) in [4.78, 5) is 48.5. The van der Waals surface area contributed by atoms with Gasteiger partial charge in [0, 0.05) is 25.3 Å². The number of anilines is 1. The van der Waals surface area contributed by atoms with E-state index in [0.717, 1.165) is 19.3 Å². The van der Waals surface area contributed by atoms with Crippen LogP contribution in [0.15, 0.2) is 49.6 Å². The van der Waals surface area contributed by atoms with E-state index < -0.39 is 35.1 Å². The van der Waals surface area contributed by atoms with Crippen molar-refractivity contribution in [1.82, 2.24) is 9.80 Å². The molecule has 3 fully saturated rings. The van der Waals surface area contributed by atoms with E-state index in [-0.39, 0.29) is 30.9 Å². The van der Waals surface area contributed by atoms with Crippen LogP contribution in [0.3, 0.4) is 0 Å². The lowest BCUT2D eigenvalue weighted by Crippen LogP contribution is -2.58. The minimum atomic E-state index is -1.16. The van der Waals surface area contributed by atoms with Crippen LogP contribution in [-0.4, -0.2) is 88.8 Å². The molecule has 0 radical (unpaired) electrons. The quantitative estimate of drug-likeness (QED) is 0.226. The maximum absolute atomic E-state index is 14.7. The molecule has 3 aliphatic heterocycles. The highest BCUT2D eigenvalue weighted by Gasteiger charge is 2.79. The third-order valence-corrected chi connectivity index (χ3v) is 9.59. The minimum absolute atomic E-state index is 0.207. The summed E-state index contributed by atoms with van der Waals surface area (Å²) in [6.07, 6.45) is 7.79. The number of carbonyl (C=O) groups excluding carboxylic acids is 3. The average molecular weight is 596 g/mol. The van der Waals surface area contributed by atoms with Gasteiger partial charge < -0.3 is 29.3 Å². The molecule has 9 heteroatoms. The zero-order valence-electron chi connectivity index (χ0n) is 26.3. The Kier molecular flexibility index (Phi) is 10.4. The van der Waals surface area contributed by atoms with Crippen LogP contribution in [0, 0.1) is 11.8 Å². The topological polar surface area (TPSA) is 99.6 Å². The molecule has 0 aromatic heterocycles. The van der Waals surface area contributed by atoms with E-state index in [4.69, 9.17) is 9.47 Å². The van der Waals surface area contributed by atoms with Crippen LogP contribution in [0.5, 0.6) is 5.75 Å². The van der Waals surface area contributed by atoms with E-state index in [2.05, 4.69) is 20.1 Å². The minimum Gasteiger partial charge on any atom is -0.494 e. The number of hydrogen-bond donors (Lipinski definition) is 1. The number of likely N-dealkylation sites (tertiary alicyclic amines) is 1. The van der Waals surface area contributed by atoms with Gasteiger partial charge in [-0.15, -0.1) is 13.2 Å². The monoisotopic (exact) mass is 595 g/mol. The van der Waals surface area contributed by atoms with Gasteiger partial charge in [0.2, 0.25) is 17.7 Å². The predicted octanol–water partition coefficient (Wildman–Crippen LogP) is 4.34. The standard InChI is InChI=1S/C34H49N3O6/c1-7-12-13-22-35(20-8-2)32(41)29-34-19-18-33(10-4,43-34)27(28(34)31(40)37(29)24(6)23-38)30(39)36(21-9-3)25-14-16-26(17-15-25)42-11-5/h8-9,14-17,24,27-29,38H,2-3,7,10-13,18-23H2,1,4-6H3/t24-,27-,28+,29?,33+,34?/m1/s1. The Morgan fingerprint density at radius 2 is 1.81 bits per heavy atom. The third kappa shape index (κ3) is 5.62. The van der Waals surface area contributed by atoms with Gasteiger partial charge in [-0.25, -0.2) is 0 Å². The van der Waals surface area contributed by atoms with Gasteiger partial charge in [0.15, 0.2) is 0 Å². The molecule has 3 heterocycles. The molecule has 4 rings (SSSR count). The van der Waals surface area contributed by atoms with Crippen molar-refractivity contribution in [2.45, 2.75) is 89.5 Å². The zero-order valence-corrected chi connectivity index (χ0v) is 26.3. The lowest BCUT2D eigenvalue weighted by Gasteiger charge is -2.38. The largest absolute Gasteiger partial charge is 0.494 e. The van der Waals surface area contributed by atoms with Gasteiger partial charge in [0.25, 0.3) is 0 Å². The van der Waals surface area contributed by atoms with Crippen molar-refractivity contribution in [3.63, 3.8) is 0 Å². The molecule has 43 heavy (non-hydrogen) atoms. The van der Waals surface area contributed by atoms with Crippen molar-refractivity contribution in [2.75, 3.05) is 37.7 Å². The van der Waals surface area contributed by atoms with Crippen LogP contribution in [0.1, 0.15) is 66.2 Å². The first-order valence-electron chi connectivity index (χ1n) is 15.9. The second-order valence-corrected chi connectivity index (χ2v) is 12.1. The Morgan fingerprint density at radius 3 is 2.40 bits per heavy atom. The number of fused-ring (bicyclic) bond motifs is 1. The van der Waals surface area contributed by atoms with Crippen molar-refractivity contribution in [1.29, 1.82) is 0 Å². The smallest absolute Gasteiger partial charge is 0.248 e. The van der Waals surface area contributed by atoms with E-state index in [1.165, 1.54) is 4.90 Å². The van der Waals surface area contributed by atoms with Crippen LogP contribution in [0.2, 0.25) is 0 Å². The third-order valence-electron chi connectivity index (χ3n) is 9.59. The van der Waals surface area contributed by atoms with Crippen LogP contribution >= 0.6 is 0 Å². The van der Waals surface area contributed by atoms with Crippen molar-refractivity contribution in [3.8, 4) is 5.75 Å². The van der Waals surface area contributed by atoms with E-state index in [1.54, 1.807) is 28.9 Å². The molecule has 1 aromatic rings. The summed E-state index contributed by atoms with van der Waals surface area (Å²) in [5.41, 5.74) is -1.36. The van der Waals surface area contributed by atoms with Crippen LogP contribution in [-0.2, 0) is 19.1 Å². The number of aliphatic hydroxyl groups is 1. The number of rotatable bonds is 16. The SMILES string of the molecule is C=CCN(CCCCC)C(=O)C1N([C@H](C)CO)C(=O)[C@@H]2[C@H](C(=O)N(CC=C)c3ccc(OCC)cc3)[C@]3(CC)CCC12O3. The zero-order chi connectivity index (χ0) is 31.4. The van der Waals surface area contributed by atoms with E-state index in [9.17, 15) is 19.5 Å². The Morgan fingerprint density at radius 1 is 1.12 bits per heavy atom. The fraction of sp³-hybridized carbons (Fsp3) is 0.618. The molecule has 3 saturated heterocycles. The summed E-state index contributed by atoms with van der Waals surface area (Å²) >= 11 is 0. The predicted molar refractivity (Wildman–Crippen MR) is 167 cm³/mol. The van der Waals surface area contributed by atoms with Crippen LogP contribution < -0.4 is 9.64 Å².